The summed E-state index contributed by atoms with van der Waals surface area (Å²) in [5.74, 6) is 0.299. The van der Waals surface area contributed by atoms with E-state index in [-0.39, 0.29) is 6.04 Å². The van der Waals surface area contributed by atoms with Gasteiger partial charge in [-0.1, -0.05) is 50.1 Å². The molecule has 1 atom stereocenters. The first-order valence-electron chi connectivity index (χ1n) is 8.37. The number of likely N-dealkylation sites (tertiary alicyclic amines) is 1. The lowest BCUT2D eigenvalue weighted by atomic mass is 10.1. The number of carbonyl (C=O) groups is 1. The summed E-state index contributed by atoms with van der Waals surface area (Å²) in [4.78, 5) is 14.7. The third-order valence-corrected chi connectivity index (χ3v) is 4.27. The van der Waals surface area contributed by atoms with Crippen molar-refractivity contribution in [1.29, 1.82) is 0 Å². The van der Waals surface area contributed by atoms with Gasteiger partial charge in [-0.15, -0.1) is 0 Å². The summed E-state index contributed by atoms with van der Waals surface area (Å²) >= 11 is 0. The molecule has 1 N–H and O–H groups in total. The van der Waals surface area contributed by atoms with Crippen LogP contribution in [0, 0.1) is 0 Å². The van der Waals surface area contributed by atoms with Crippen LogP contribution in [0.25, 0.3) is 0 Å². The first-order valence-corrected chi connectivity index (χ1v) is 8.37. The van der Waals surface area contributed by atoms with Gasteiger partial charge in [0.25, 0.3) is 0 Å². The number of carbonyl (C=O) groups excluding carboxylic acids is 1. The second kappa shape index (κ2) is 8.83. The van der Waals surface area contributed by atoms with E-state index >= 15 is 0 Å². The van der Waals surface area contributed by atoms with Gasteiger partial charge in [-0.25, -0.2) is 0 Å². The molecule has 1 unspecified atom stereocenters. The van der Waals surface area contributed by atoms with Crippen LogP contribution in [-0.4, -0.2) is 36.5 Å². The van der Waals surface area contributed by atoms with Crippen molar-refractivity contribution >= 4 is 5.91 Å². The molecule has 0 aliphatic carbocycles. The van der Waals surface area contributed by atoms with Crippen molar-refractivity contribution in [2.75, 3.05) is 19.6 Å². The van der Waals surface area contributed by atoms with Gasteiger partial charge in [-0.3, -0.25) is 4.79 Å². The molecular weight excluding hydrogens is 260 g/mol. The Hall–Kier alpha value is -1.35. The van der Waals surface area contributed by atoms with E-state index in [1.165, 1.54) is 18.4 Å². The summed E-state index contributed by atoms with van der Waals surface area (Å²) in [6.07, 6.45) is 6.69. The summed E-state index contributed by atoms with van der Waals surface area (Å²) in [5.41, 5.74) is 1.32. The molecule has 116 valence electrons. The van der Waals surface area contributed by atoms with E-state index in [0.717, 1.165) is 45.3 Å². The van der Waals surface area contributed by atoms with E-state index in [0.29, 0.717) is 5.91 Å². The number of nitrogens with one attached hydrogen (secondary N) is 1. The Balaban J connectivity index is 1.79. The van der Waals surface area contributed by atoms with Crippen molar-refractivity contribution in [3.05, 3.63) is 35.9 Å². The minimum Gasteiger partial charge on any atom is -0.341 e. The highest BCUT2D eigenvalue weighted by Crippen LogP contribution is 2.11. The largest absolute Gasteiger partial charge is 0.341 e. The maximum Gasteiger partial charge on any atom is 0.239 e. The molecule has 1 aromatic carbocycles. The molecule has 0 aromatic heterocycles. The number of amides is 1. The normalized spacial score (nSPS) is 17.3. The second-order valence-electron chi connectivity index (χ2n) is 5.89. The zero-order valence-corrected chi connectivity index (χ0v) is 13.2. The van der Waals surface area contributed by atoms with Gasteiger partial charge in [0, 0.05) is 13.1 Å². The molecular formula is C18H28N2O. The quantitative estimate of drug-likeness (QED) is 0.873. The van der Waals surface area contributed by atoms with E-state index in [2.05, 4.69) is 41.4 Å². The Morgan fingerprint density at radius 2 is 1.81 bits per heavy atom. The van der Waals surface area contributed by atoms with Crippen molar-refractivity contribution < 1.29 is 4.79 Å². The second-order valence-corrected chi connectivity index (χ2v) is 5.89. The zero-order valence-electron chi connectivity index (χ0n) is 13.2. The standard InChI is InChI=1S/C18H28N2O/c1-2-17(18(21)20-14-8-3-4-9-15-20)19-13-12-16-10-6-5-7-11-16/h5-7,10-11,17,19H,2-4,8-9,12-15H2,1H3. The fraction of sp³-hybridized carbons (Fsp3) is 0.611. The van der Waals surface area contributed by atoms with E-state index in [1.807, 2.05) is 6.07 Å². The number of rotatable bonds is 6. The van der Waals surface area contributed by atoms with Crippen LogP contribution in [-0.2, 0) is 11.2 Å². The molecule has 1 aliphatic rings. The minimum atomic E-state index is -0.0215. The summed E-state index contributed by atoms with van der Waals surface area (Å²) in [5, 5.41) is 3.44. The van der Waals surface area contributed by atoms with Gasteiger partial charge >= 0.3 is 0 Å². The van der Waals surface area contributed by atoms with Crippen LogP contribution in [0.2, 0.25) is 0 Å². The maximum atomic E-state index is 12.6. The van der Waals surface area contributed by atoms with Gasteiger partial charge in [0.1, 0.15) is 0 Å². The predicted molar refractivity (Wildman–Crippen MR) is 87.3 cm³/mol. The topological polar surface area (TPSA) is 32.3 Å². The van der Waals surface area contributed by atoms with Crippen molar-refractivity contribution in [2.45, 2.75) is 51.5 Å². The SMILES string of the molecule is CCC(NCCc1ccccc1)C(=O)N1CCCCCC1. The molecule has 0 spiro atoms. The number of hydrogen-bond donors (Lipinski definition) is 1. The maximum absolute atomic E-state index is 12.6. The summed E-state index contributed by atoms with van der Waals surface area (Å²) < 4.78 is 0. The Kier molecular flexibility index (Phi) is 6.74. The first kappa shape index (κ1) is 16.0. The lowest BCUT2D eigenvalue weighted by molar-refractivity contribution is -0.133. The molecule has 3 heteroatoms. The van der Waals surface area contributed by atoms with Crippen LogP contribution >= 0.6 is 0 Å². The third-order valence-electron chi connectivity index (χ3n) is 4.27. The monoisotopic (exact) mass is 288 g/mol. The fourth-order valence-electron chi connectivity index (χ4n) is 2.95. The lowest BCUT2D eigenvalue weighted by Gasteiger charge is -2.26. The zero-order chi connectivity index (χ0) is 14.9. The van der Waals surface area contributed by atoms with E-state index in [9.17, 15) is 4.79 Å². The molecule has 0 radical (unpaired) electrons. The van der Waals surface area contributed by atoms with Crippen LogP contribution in [0.5, 0.6) is 0 Å². The van der Waals surface area contributed by atoms with Crippen molar-refractivity contribution in [3.8, 4) is 0 Å². The van der Waals surface area contributed by atoms with Gasteiger partial charge in [-0.2, -0.15) is 0 Å². The Bertz CT molecular complexity index is 410. The van der Waals surface area contributed by atoms with E-state index < -0.39 is 0 Å². The molecule has 0 saturated carbocycles. The molecule has 1 aliphatic heterocycles. The highest BCUT2D eigenvalue weighted by molar-refractivity contribution is 5.81. The summed E-state index contributed by atoms with van der Waals surface area (Å²) in [6, 6.07) is 10.4. The van der Waals surface area contributed by atoms with Crippen molar-refractivity contribution in [2.24, 2.45) is 0 Å². The molecule has 1 fully saturated rings. The van der Waals surface area contributed by atoms with Gasteiger partial charge in [-0.05, 0) is 37.8 Å². The Labute approximate surface area is 128 Å². The molecule has 0 bridgehead atoms. The molecule has 1 heterocycles. The molecule has 3 nitrogen and oxygen atoms in total. The van der Waals surface area contributed by atoms with Crippen LogP contribution in [0.3, 0.4) is 0 Å². The average molecular weight is 288 g/mol. The van der Waals surface area contributed by atoms with Gasteiger partial charge in [0.2, 0.25) is 5.91 Å². The lowest BCUT2D eigenvalue weighted by Crippen LogP contribution is -2.47. The van der Waals surface area contributed by atoms with Crippen LogP contribution < -0.4 is 5.32 Å². The number of hydrogen-bond acceptors (Lipinski definition) is 2. The van der Waals surface area contributed by atoms with Crippen LogP contribution in [0.1, 0.15) is 44.6 Å². The first-order chi connectivity index (χ1) is 10.3. The number of nitrogens with zero attached hydrogens (tertiary/aromatic N) is 1. The molecule has 2 rings (SSSR count). The van der Waals surface area contributed by atoms with Crippen molar-refractivity contribution in [3.63, 3.8) is 0 Å². The fourth-order valence-corrected chi connectivity index (χ4v) is 2.95. The van der Waals surface area contributed by atoms with E-state index in [1.54, 1.807) is 0 Å². The molecule has 1 amide bonds. The van der Waals surface area contributed by atoms with Crippen LogP contribution in [0.4, 0.5) is 0 Å². The predicted octanol–water partition coefficient (Wildman–Crippen LogP) is 3.00. The minimum absolute atomic E-state index is 0.0215. The van der Waals surface area contributed by atoms with Gasteiger partial charge < -0.3 is 10.2 Å². The molecule has 1 saturated heterocycles. The Morgan fingerprint density at radius 3 is 2.43 bits per heavy atom. The van der Waals surface area contributed by atoms with Gasteiger partial charge in [0.15, 0.2) is 0 Å². The molecule has 1 aromatic rings. The summed E-state index contributed by atoms with van der Waals surface area (Å²) in [7, 11) is 0. The third kappa shape index (κ3) is 5.16. The van der Waals surface area contributed by atoms with Crippen LogP contribution in [0.15, 0.2) is 30.3 Å². The highest BCUT2D eigenvalue weighted by Gasteiger charge is 2.22. The van der Waals surface area contributed by atoms with Gasteiger partial charge in [0.05, 0.1) is 6.04 Å². The highest BCUT2D eigenvalue weighted by atomic mass is 16.2. The average Bonchev–Trinajstić information content (AvgIpc) is 2.81. The van der Waals surface area contributed by atoms with E-state index in [4.69, 9.17) is 0 Å². The molecule has 21 heavy (non-hydrogen) atoms. The number of benzene rings is 1. The van der Waals surface area contributed by atoms with Crippen molar-refractivity contribution in [1.82, 2.24) is 10.2 Å². The summed E-state index contributed by atoms with van der Waals surface area (Å²) in [6.45, 7) is 4.84. The smallest absolute Gasteiger partial charge is 0.239 e. The Morgan fingerprint density at radius 1 is 1.14 bits per heavy atom.